The molecule has 3 fully saturated rings. The van der Waals surface area contributed by atoms with E-state index in [1.165, 1.54) is 24.2 Å². The third kappa shape index (κ3) is 16.9. The average Bonchev–Trinajstić information content (AvgIpc) is 3.46. The summed E-state index contributed by atoms with van der Waals surface area (Å²) in [4.78, 5) is 32.6. The van der Waals surface area contributed by atoms with Crippen molar-refractivity contribution >= 4 is 104 Å². The second-order valence-corrected chi connectivity index (χ2v) is 25.9. The van der Waals surface area contributed by atoms with Gasteiger partial charge < -0.3 is 63.8 Å². The molecule has 21 heteroatoms. The van der Waals surface area contributed by atoms with Crippen molar-refractivity contribution < 1.29 is 33.6 Å². The van der Waals surface area contributed by atoms with E-state index in [4.69, 9.17) is 45.1 Å². The number of fused-ring (bicyclic) bond motifs is 2. The molecule has 5 aromatic heterocycles. The highest BCUT2D eigenvalue weighted by Crippen LogP contribution is 2.41. The molecule has 0 bridgehead atoms. The standard InChI is InChI=1S/C22H26BrN3O2.C21H25BrN4O2.C12H14Br2O3.C10H15N3/c1-14(2)28-20-11-21(27-4)18(23)10-17(20)19-13-26-8-6-16(9-22(26)24-19)25-7-5-15(3)12-25;1-13(2)28-19-10-20(27-3)17(22)9-16(19)18-12-26-7-5-15(8-21(26)24-18)25-6-4-14(23)11-25;1-7(2)17-12-3-8(6-15)10(14)4-9(12)11(16)5-13;1-8-3-5-13(7-8)9-2-4-12-10(11)6-9/h6,8-11,13-15H,5,7,12H2,1-4H3;5,7-10,12-14H,4,6,11,23H2,1-3H3;3-4,7,15H,5-6H2,1-2H3;2,4,6,8H,3,5,7H2,1H3,(H2,11,12)/t15-;14-;;8-/m00.0/s1. The first-order chi connectivity index (χ1) is 41.1. The smallest absolute Gasteiger partial charge is 0.177 e. The van der Waals surface area contributed by atoms with Gasteiger partial charge in [0.2, 0.25) is 0 Å². The number of nitrogen functional groups attached to an aromatic ring is 1. The summed E-state index contributed by atoms with van der Waals surface area (Å²) in [6.07, 6.45) is 13.6. The molecular formula is C65H80Br4N10O7. The minimum atomic E-state index is -0.0994. The van der Waals surface area contributed by atoms with Crippen molar-refractivity contribution in [2.45, 2.75) is 106 Å². The lowest BCUT2D eigenvalue weighted by Gasteiger charge is -2.17. The molecule has 0 amide bonds. The predicted octanol–water partition coefficient (Wildman–Crippen LogP) is 14.3. The number of aromatic nitrogens is 5. The fraction of sp³-hybridized carbons (Fsp3) is 0.415. The maximum atomic E-state index is 11.8. The number of rotatable bonds is 16. The van der Waals surface area contributed by atoms with E-state index in [9.17, 15) is 9.90 Å². The monoisotopic (exact) mass is 1430 g/mol. The van der Waals surface area contributed by atoms with E-state index in [1.807, 2.05) is 101 Å². The van der Waals surface area contributed by atoms with Crippen molar-refractivity contribution in [3.63, 3.8) is 0 Å². The number of ketones is 1. The fourth-order valence-corrected chi connectivity index (χ4v) is 12.2. The van der Waals surface area contributed by atoms with Crippen molar-refractivity contribution in [1.82, 2.24) is 23.8 Å². The summed E-state index contributed by atoms with van der Waals surface area (Å²) in [5, 5.41) is 9.43. The van der Waals surface area contributed by atoms with Crippen LogP contribution in [0.3, 0.4) is 0 Å². The number of hydrogen-bond acceptors (Lipinski definition) is 15. The quantitative estimate of drug-likeness (QED) is 0.0611. The second kappa shape index (κ2) is 30.2. The topological polar surface area (TPSA) is 193 Å². The molecule has 0 aliphatic carbocycles. The minimum absolute atomic E-state index is 0.0235. The number of carbonyl (C=O) groups excluding carboxylic acids is 1. The lowest BCUT2D eigenvalue weighted by atomic mass is 10.1. The third-order valence-electron chi connectivity index (χ3n) is 14.7. The zero-order valence-corrected chi connectivity index (χ0v) is 57.0. The number of aliphatic hydroxyl groups excluding tert-OH is 1. The van der Waals surface area contributed by atoms with E-state index in [1.54, 1.807) is 32.5 Å². The number of ether oxygens (including phenoxy) is 5. The highest BCUT2D eigenvalue weighted by atomic mass is 79.9. The van der Waals surface area contributed by atoms with Crippen molar-refractivity contribution in [3.8, 4) is 51.3 Å². The Bertz CT molecular complexity index is 3440. The van der Waals surface area contributed by atoms with Gasteiger partial charge in [0.25, 0.3) is 0 Å². The molecule has 86 heavy (non-hydrogen) atoms. The molecule has 5 N–H and O–H groups in total. The molecule has 3 aliphatic rings. The van der Waals surface area contributed by atoms with Crippen LogP contribution in [0.4, 0.5) is 22.9 Å². The highest BCUT2D eigenvalue weighted by molar-refractivity contribution is 9.11. The van der Waals surface area contributed by atoms with Crippen molar-refractivity contribution in [2.75, 3.05) is 79.3 Å². The van der Waals surface area contributed by atoms with Crippen LogP contribution in [-0.2, 0) is 6.61 Å². The van der Waals surface area contributed by atoms with Gasteiger partial charge in [-0.05, 0) is 153 Å². The predicted molar refractivity (Wildman–Crippen MR) is 361 cm³/mol. The average molecular weight is 1430 g/mol. The number of pyridine rings is 3. The Balaban J connectivity index is 0.000000156. The molecule has 0 unspecified atom stereocenters. The molecule has 3 aliphatic heterocycles. The lowest BCUT2D eigenvalue weighted by molar-refractivity contribution is 0.101. The molecule has 460 valence electrons. The molecule has 0 radical (unpaired) electrons. The molecule has 3 saturated heterocycles. The number of halogens is 4. The first kappa shape index (κ1) is 65.9. The number of aliphatic hydroxyl groups is 1. The number of methoxy groups -OCH3 is 2. The van der Waals surface area contributed by atoms with E-state index in [0.717, 1.165) is 129 Å². The zero-order chi connectivity index (χ0) is 61.9. The molecule has 3 atom stereocenters. The number of hydrogen-bond donors (Lipinski definition) is 3. The van der Waals surface area contributed by atoms with E-state index >= 15 is 0 Å². The van der Waals surface area contributed by atoms with E-state index in [2.05, 4.69) is 132 Å². The summed E-state index contributed by atoms with van der Waals surface area (Å²) < 4.78 is 35.1. The van der Waals surface area contributed by atoms with Gasteiger partial charge in [-0.3, -0.25) is 4.79 Å². The second-order valence-electron chi connectivity index (χ2n) is 22.8. The van der Waals surface area contributed by atoms with Gasteiger partial charge in [0.15, 0.2) is 5.78 Å². The van der Waals surface area contributed by atoms with Crippen LogP contribution in [0, 0.1) is 11.8 Å². The van der Waals surface area contributed by atoms with Gasteiger partial charge in [-0.15, -0.1) is 0 Å². The third-order valence-corrected chi connectivity index (χ3v) is 17.2. The maximum absolute atomic E-state index is 11.8. The normalized spacial score (nSPS) is 16.5. The molecule has 0 saturated carbocycles. The first-order valence-corrected chi connectivity index (χ1v) is 32.6. The van der Waals surface area contributed by atoms with Crippen LogP contribution in [0.25, 0.3) is 33.8 Å². The summed E-state index contributed by atoms with van der Waals surface area (Å²) in [7, 11) is 3.31. The van der Waals surface area contributed by atoms with E-state index in [-0.39, 0.29) is 42.1 Å². The van der Waals surface area contributed by atoms with Gasteiger partial charge >= 0.3 is 0 Å². The zero-order valence-electron chi connectivity index (χ0n) is 50.7. The maximum Gasteiger partial charge on any atom is 0.177 e. The van der Waals surface area contributed by atoms with Crippen LogP contribution in [0.2, 0.25) is 0 Å². The fourth-order valence-electron chi connectivity index (χ4n) is 10.4. The number of benzene rings is 3. The molecule has 0 spiro atoms. The van der Waals surface area contributed by atoms with Gasteiger partial charge in [-0.2, -0.15) is 0 Å². The Labute approximate surface area is 539 Å². The molecular weight excluding hydrogens is 1350 g/mol. The number of nitrogens with two attached hydrogens (primary N) is 2. The first-order valence-electron chi connectivity index (χ1n) is 29.1. The van der Waals surface area contributed by atoms with Crippen LogP contribution in [0.5, 0.6) is 28.7 Å². The summed E-state index contributed by atoms with van der Waals surface area (Å²) >= 11 is 13.6. The SMILES string of the molecule is CC(C)Oc1cc(CO)c(Br)cc1C(=O)CBr.COc1cc(OC(C)C)c(-c2cn3ccc(N4CC[C@H](C)C4)cc3n2)cc1Br.COc1cc(OC(C)C)c(-c2cn3ccc(N4CC[C@H](N)C4)cc3n2)cc1Br.C[C@H]1CCN(c2ccnc(N)c2)C1. The Kier molecular flexibility index (Phi) is 23.1. The van der Waals surface area contributed by atoms with Crippen LogP contribution in [0.1, 0.15) is 90.6 Å². The van der Waals surface area contributed by atoms with E-state index < -0.39 is 0 Å². The molecule has 8 heterocycles. The van der Waals surface area contributed by atoms with E-state index in [0.29, 0.717) is 27.2 Å². The summed E-state index contributed by atoms with van der Waals surface area (Å²) in [6, 6.07) is 24.0. The van der Waals surface area contributed by atoms with Gasteiger partial charge in [0.1, 0.15) is 45.9 Å². The number of carbonyl (C=O) groups is 1. The van der Waals surface area contributed by atoms with Gasteiger partial charge in [-0.1, -0.05) is 45.7 Å². The molecule has 17 nitrogen and oxygen atoms in total. The Morgan fingerprint density at radius 3 is 1.49 bits per heavy atom. The Morgan fingerprint density at radius 2 is 1.08 bits per heavy atom. The molecule has 11 rings (SSSR count). The highest BCUT2D eigenvalue weighted by Gasteiger charge is 2.24. The van der Waals surface area contributed by atoms with Gasteiger partial charge in [0.05, 0.1) is 70.4 Å². The van der Waals surface area contributed by atoms with Crippen molar-refractivity contribution in [3.05, 3.63) is 128 Å². The summed E-state index contributed by atoms with van der Waals surface area (Å²) in [5.41, 5.74) is 21.9. The lowest BCUT2D eigenvalue weighted by Crippen LogP contribution is -2.26. The minimum Gasteiger partial charge on any atom is -0.495 e. The Hall–Kier alpha value is -6.10. The molecule has 3 aromatic carbocycles. The van der Waals surface area contributed by atoms with Gasteiger partial charge in [-0.25, -0.2) is 15.0 Å². The largest absolute Gasteiger partial charge is 0.495 e. The number of alkyl halides is 1. The molecule has 8 aromatic rings. The summed E-state index contributed by atoms with van der Waals surface area (Å²) in [5.74, 6) is 5.62. The van der Waals surface area contributed by atoms with Crippen LogP contribution >= 0.6 is 63.7 Å². The van der Waals surface area contributed by atoms with Crippen LogP contribution in [-0.4, -0.2) is 118 Å². The van der Waals surface area contributed by atoms with Crippen molar-refractivity contribution in [2.24, 2.45) is 17.6 Å². The number of imidazole rings is 2. The Morgan fingerprint density at radius 1 is 0.616 bits per heavy atom. The van der Waals surface area contributed by atoms with Gasteiger partial charge in [0, 0.05) is 139 Å². The van der Waals surface area contributed by atoms with Crippen LogP contribution < -0.4 is 49.9 Å². The number of anilines is 4. The van der Waals surface area contributed by atoms with Crippen molar-refractivity contribution in [1.29, 1.82) is 0 Å². The number of nitrogens with zero attached hydrogens (tertiary/aromatic N) is 8. The summed E-state index contributed by atoms with van der Waals surface area (Å²) in [6.45, 7) is 22.7. The van der Waals surface area contributed by atoms with Crippen LogP contribution in [0.15, 0.2) is 117 Å². The number of Topliss-reactive ketones (excluding diaryl/α,β-unsaturated/α-hetero) is 1.